The van der Waals surface area contributed by atoms with Gasteiger partial charge in [-0.3, -0.25) is 9.59 Å². The number of carbonyl (C=O) groups is 2. The fourth-order valence-corrected chi connectivity index (χ4v) is 2.85. The molecule has 1 aromatic carbocycles. The topological polar surface area (TPSA) is 86.6 Å². The Labute approximate surface area is 124 Å². The van der Waals surface area contributed by atoms with E-state index in [9.17, 15) is 19.8 Å². The van der Waals surface area contributed by atoms with E-state index in [0.717, 1.165) is 24.8 Å². The Hall–Kier alpha value is -2.04. The zero-order valence-electron chi connectivity index (χ0n) is 11.9. The number of phenolic OH excluding ortho intramolecular Hbond substituents is 1. The molecule has 1 fully saturated rings. The van der Waals surface area contributed by atoms with Crippen molar-refractivity contribution < 1.29 is 19.8 Å². The Morgan fingerprint density at radius 2 is 1.90 bits per heavy atom. The van der Waals surface area contributed by atoms with Crippen molar-refractivity contribution in [2.45, 2.75) is 44.6 Å². The van der Waals surface area contributed by atoms with Gasteiger partial charge in [0.25, 0.3) is 0 Å². The molecular formula is C16H21NO4. The maximum atomic E-state index is 12.0. The predicted molar refractivity (Wildman–Crippen MR) is 78.0 cm³/mol. The second-order valence-corrected chi connectivity index (χ2v) is 5.53. The van der Waals surface area contributed by atoms with Crippen LogP contribution in [-0.2, 0) is 16.0 Å². The molecule has 1 aliphatic rings. The highest BCUT2D eigenvalue weighted by Gasteiger charge is 2.31. The molecule has 1 aromatic rings. The van der Waals surface area contributed by atoms with Crippen molar-refractivity contribution in [1.82, 2.24) is 5.32 Å². The van der Waals surface area contributed by atoms with Crippen LogP contribution in [0.2, 0.25) is 0 Å². The van der Waals surface area contributed by atoms with Gasteiger partial charge in [0.05, 0.1) is 5.92 Å². The van der Waals surface area contributed by atoms with Gasteiger partial charge in [-0.25, -0.2) is 0 Å². The SMILES string of the molecule is O=C(CCc1ccccc1O)NC1CCCCC1C(=O)O. The number of para-hydroxylation sites is 1. The van der Waals surface area contributed by atoms with Gasteiger partial charge in [-0.15, -0.1) is 0 Å². The van der Waals surface area contributed by atoms with Gasteiger partial charge in [0.1, 0.15) is 5.75 Å². The van der Waals surface area contributed by atoms with Crippen LogP contribution in [0.5, 0.6) is 5.75 Å². The summed E-state index contributed by atoms with van der Waals surface area (Å²) in [5.74, 6) is -1.28. The molecule has 0 aliphatic heterocycles. The Kier molecular flexibility index (Phi) is 5.20. The summed E-state index contributed by atoms with van der Waals surface area (Å²) in [6.07, 6.45) is 3.90. The smallest absolute Gasteiger partial charge is 0.308 e. The summed E-state index contributed by atoms with van der Waals surface area (Å²) < 4.78 is 0. The molecule has 114 valence electrons. The maximum absolute atomic E-state index is 12.0. The van der Waals surface area contributed by atoms with E-state index in [4.69, 9.17) is 0 Å². The Morgan fingerprint density at radius 1 is 1.19 bits per heavy atom. The van der Waals surface area contributed by atoms with Crippen LogP contribution in [-0.4, -0.2) is 28.1 Å². The highest BCUT2D eigenvalue weighted by atomic mass is 16.4. The number of carboxylic acid groups (broad SMARTS) is 1. The van der Waals surface area contributed by atoms with Gasteiger partial charge in [0.15, 0.2) is 0 Å². The van der Waals surface area contributed by atoms with Crippen LogP contribution < -0.4 is 5.32 Å². The first-order valence-electron chi connectivity index (χ1n) is 7.37. The monoisotopic (exact) mass is 291 g/mol. The lowest BCUT2D eigenvalue weighted by atomic mass is 9.84. The van der Waals surface area contributed by atoms with Gasteiger partial charge in [-0.1, -0.05) is 31.0 Å². The van der Waals surface area contributed by atoms with E-state index in [0.29, 0.717) is 12.8 Å². The van der Waals surface area contributed by atoms with Gasteiger partial charge < -0.3 is 15.5 Å². The van der Waals surface area contributed by atoms with E-state index >= 15 is 0 Å². The van der Waals surface area contributed by atoms with Crippen LogP contribution in [0.15, 0.2) is 24.3 Å². The minimum Gasteiger partial charge on any atom is -0.508 e. The van der Waals surface area contributed by atoms with Crippen LogP contribution in [0.3, 0.4) is 0 Å². The van der Waals surface area contributed by atoms with Gasteiger partial charge in [0, 0.05) is 12.5 Å². The number of rotatable bonds is 5. The minimum absolute atomic E-state index is 0.156. The van der Waals surface area contributed by atoms with E-state index < -0.39 is 11.9 Å². The van der Waals surface area contributed by atoms with Crippen LogP contribution in [0.25, 0.3) is 0 Å². The molecule has 0 aromatic heterocycles. The van der Waals surface area contributed by atoms with Gasteiger partial charge in [0.2, 0.25) is 5.91 Å². The number of amides is 1. The number of benzene rings is 1. The molecule has 1 amide bonds. The van der Waals surface area contributed by atoms with E-state index in [2.05, 4.69) is 5.32 Å². The molecule has 5 heteroatoms. The highest BCUT2D eigenvalue weighted by Crippen LogP contribution is 2.25. The average molecular weight is 291 g/mol. The van der Waals surface area contributed by atoms with Crippen molar-refractivity contribution in [3.63, 3.8) is 0 Å². The molecule has 3 N–H and O–H groups in total. The molecule has 0 bridgehead atoms. The summed E-state index contributed by atoms with van der Waals surface area (Å²) >= 11 is 0. The molecule has 2 atom stereocenters. The first kappa shape index (κ1) is 15.4. The number of hydrogen-bond donors (Lipinski definition) is 3. The first-order valence-corrected chi connectivity index (χ1v) is 7.37. The quantitative estimate of drug-likeness (QED) is 0.775. The highest BCUT2D eigenvalue weighted by molar-refractivity contribution is 5.78. The van der Waals surface area contributed by atoms with Crippen molar-refractivity contribution >= 4 is 11.9 Å². The number of aliphatic carboxylic acids is 1. The second-order valence-electron chi connectivity index (χ2n) is 5.53. The Bertz CT molecular complexity index is 515. The lowest BCUT2D eigenvalue weighted by molar-refractivity contribution is -0.144. The molecular weight excluding hydrogens is 270 g/mol. The minimum atomic E-state index is -0.833. The number of aromatic hydroxyl groups is 1. The molecule has 1 saturated carbocycles. The summed E-state index contributed by atoms with van der Waals surface area (Å²) in [5, 5.41) is 21.7. The van der Waals surface area contributed by atoms with Crippen LogP contribution in [0, 0.1) is 5.92 Å². The Balaban J connectivity index is 1.86. The molecule has 0 saturated heterocycles. The first-order chi connectivity index (χ1) is 10.1. The van der Waals surface area contributed by atoms with Crippen LogP contribution in [0.4, 0.5) is 0 Å². The van der Waals surface area contributed by atoms with Crippen LogP contribution >= 0.6 is 0 Å². The molecule has 2 rings (SSSR count). The molecule has 21 heavy (non-hydrogen) atoms. The third kappa shape index (κ3) is 4.21. The fourth-order valence-electron chi connectivity index (χ4n) is 2.85. The zero-order valence-corrected chi connectivity index (χ0v) is 11.9. The second kappa shape index (κ2) is 7.11. The molecule has 0 heterocycles. The van der Waals surface area contributed by atoms with Crippen molar-refractivity contribution in [2.75, 3.05) is 0 Å². The van der Waals surface area contributed by atoms with Crippen molar-refractivity contribution in [3.05, 3.63) is 29.8 Å². The lowest BCUT2D eigenvalue weighted by Gasteiger charge is -2.29. The maximum Gasteiger partial charge on any atom is 0.308 e. The van der Waals surface area contributed by atoms with Crippen molar-refractivity contribution in [3.8, 4) is 5.75 Å². The summed E-state index contributed by atoms with van der Waals surface area (Å²) in [6.45, 7) is 0. The number of phenols is 1. The summed E-state index contributed by atoms with van der Waals surface area (Å²) in [4.78, 5) is 23.2. The molecule has 2 unspecified atom stereocenters. The third-order valence-electron chi connectivity index (χ3n) is 4.04. The Morgan fingerprint density at radius 3 is 2.62 bits per heavy atom. The number of aryl methyl sites for hydroxylation is 1. The number of nitrogens with one attached hydrogen (secondary N) is 1. The lowest BCUT2D eigenvalue weighted by Crippen LogP contribution is -2.45. The fraction of sp³-hybridized carbons (Fsp3) is 0.500. The average Bonchev–Trinajstić information content (AvgIpc) is 2.47. The van der Waals surface area contributed by atoms with E-state index in [-0.39, 0.29) is 24.1 Å². The van der Waals surface area contributed by atoms with Gasteiger partial charge in [-0.2, -0.15) is 0 Å². The van der Waals surface area contributed by atoms with Gasteiger partial charge >= 0.3 is 5.97 Å². The van der Waals surface area contributed by atoms with Gasteiger partial charge in [-0.05, 0) is 30.9 Å². The number of carboxylic acids is 1. The molecule has 5 nitrogen and oxygen atoms in total. The van der Waals surface area contributed by atoms with E-state index in [1.54, 1.807) is 18.2 Å². The zero-order chi connectivity index (χ0) is 15.2. The standard InChI is InChI=1S/C16H21NO4/c18-14-8-4-1-5-11(14)9-10-15(19)17-13-7-3-2-6-12(13)16(20)21/h1,4-5,8,12-13,18H,2-3,6-7,9-10H2,(H,17,19)(H,20,21). The summed E-state index contributed by atoms with van der Waals surface area (Å²) in [7, 11) is 0. The van der Waals surface area contributed by atoms with E-state index in [1.165, 1.54) is 0 Å². The molecule has 0 spiro atoms. The summed E-state index contributed by atoms with van der Waals surface area (Å²) in [6, 6.07) is 6.65. The molecule has 0 radical (unpaired) electrons. The van der Waals surface area contributed by atoms with E-state index in [1.807, 2.05) is 6.07 Å². The predicted octanol–water partition coefficient (Wildman–Crippen LogP) is 2.08. The number of hydrogen-bond acceptors (Lipinski definition) is 3. The number of carbonyl (C=O) groups excluding carboxylic acids is 1. The third-order valence-corrected chi connectivity index (χ3v) is 4.04. The molecule has 1 aliphatic carbocycles. The van der Waals surface area contributed by atoms with Crippen molar-refractivity contribution in [1.29, 1.82) is 0 Å². The van der Waals surface area contributed by atoms with Crippen LogP contribution in [0.1, 0.15) is 37.7 Å². The largest absolute Gasteiger partial charge is 0.508 e. The normalized spacial score (nSPS) is 21.7. The summed E-state index contributed by atoms with van der Waals surface area (Å²) in [5.41, 5.74) is 0.728. The van der Waals surface area contributed by atoms with Crippen molar-refractivity contribution in [2.24, 2.45) is 5.92 Å².